The van der Waals surface area contributed by atoms with Crippen molar-refractivity contribution < 1.29 is 9.21 Å². The van der Waals surface area contributed by atoms with Gasteiger partial charge in [0.05, 0.1) is 11.9 Å². The molecule has 208 valence electrons. The average molecular weight is 553 g/mol. The van der Waals surface area contributed by atoms with Gasteiger partial charge in [-0.1, -0.05) is 23.6 Å². The number of anilines is 2. The van der Waals surface area contributed by atoms with E-state index in [4.69, 9.17) is 26.0 Å². The number of rotatable bonds is 7. The van der Waals surface area contributed by atoms with Gasteiger partial charge in [0.25, 0.3) is 11.8 Å². The van der Waals surface area contributed by atoms with Crippen LogP contribution in [0.2, 0.25) is 5.02 Å². The number of halogens is 1. The molecule has 1 aromatic carbocycles. The summed E-state index contributed by atoms with van der Waals surface area (Å²) < 4.78 is 5.64. The second kappa shape index (κ2) is 11.9. The third kappa shape index (κ3) is 5.86. The van der Waals surface area contributed by atoms with Gasteiger partial charge in [-0.3, -0.25) is 9.69 Å². The quantitative estimate of drug-likeness (QED) is 0.455. The van der Waals surface area contributed by atoms with E-state index in [2.05, 4.69) is 32.2 Å². The number of likely N-dealkylation sites (tertiary alicyclic amines) is 1. The van der Waals surface area contributed by atoms with Crippen LogP contribution in [0.15, 0.2) is 28.8 Å². The van der Waals surface area contributed by atoms with Gasteiger partial charge in [-0.05, 0) is 63.8 Å². The van der Waals surface area contributed by atoms with Crippen molar-refractivity contribution in [1.82, 2.24) is 30.0 Å². The van der Waals surface area contributed by atoms with Crippen LogP contribution in [-0.4, -0.2) is 87.2 Å². The van der Waals surface area contributed by atoms with E-state index in [-0.39, 0.29) is 5.91 Å². The van der Waals surface area contributed by atoms with Crippen molar-refractivity contribution in [1.29, 1.82) is 0 Å². The lowest BCUT2D eigenvalue weighted by Crippen LogP contribution is -2.58. The Labute approximate surface area is 234 Å². The topological polar surface area (TPSA) is 104 Å². The maximum Gasteiger partial charge on any atom is 0.315 e. The lowest BCUT2D eigenvalue weighted by molar-refractivity contribution is 0.0490. The summed E-state index contributed by atoms with van der Waals surface area (Å²) in [4.78, 5) is 29.5. The van der Waals surface area contributed by atoms with Gasteiger partial charge in [0.2, 0.25) is 0 Å². The van der Waals surface area contributed by atoms with Crippen LogP contribution in [0.3, 0.4) is 0 Å². The summed E-state index contributed by atoms with van der Waals surface area (Å²) in [5.41, 5.74) is 3.08. The molecule has 10 nitrogen and oxygen atoms in total. The van der Waals surface area contributed by atoms with Gasteiger partial charge in [0.15, 0.2) is 0 Å². The van der Waals surface area contributed by atoms with Crippen LogP contribution >= 0.6 is 11.6 Å². The highest BCUT2D eigenvalue weighted by Crippen LogP contribution is 2.28. The zero-order valence-electron chi connectivity index (χ0n) is 23.2. The lowest BCUT2D eigenvalue weighted by atomic mass is 9.97. The van der Waals surface area contributed by atoms with Crippen molar-refractivity contribution in [3.05, 3.63) is 46.2 Å². The molecule has 2 aliphatic rings. The van der Waals surface area contributed by atoms with Gasteiger partial charge < -0.3 is 19.5 Å². The first-order valence-corrected chi connectivity index (χ1v) is 14.2. The summed E-state index contributed by atoms with van der Waals surface area (Å²) in [5.74, 6) is 1.36. The number of amides is 1. The van der Waals surface area contributed by atoms with E-state index in [1.807, 2.05) is 43.9 Å². The number of benzene rings is 1. The van der Waals surface area contributed by atoms with Crippen LogP contribution in [0, 0.1) is 13.8 Å². The minimum absolute atomic E-state index is 0.0981. The van der Waals surface area contributed by atoms with Crippen LogP contribution in [-0.2, 0) is 0 Å². The number of carbonyl (C=O) groups excluding carboxylic acids is 1. The highest BCUT2D eigenvalue weighted by atomic mass is 35.5. The summed E-state index contributed by atoms with van der Waals surface area (Å²) in [5, 5.41) is 11.8. The van der Waals surface area contributed by atoms with E-state index < -0.39 is 0 Å². The Hall–Kier alpha value is -3.24. The monoisotopic (exact) mass is 552 g/mol. The summed E-state index contributed by atoms with van der Waals surface area (Å²) in [6.45, 7) is 13.2. The summed E-state index contributed by atoms with van der Waals surface area (Å²) in [6, 6.07) is 6.82. The van der Waals surface area contributed by atoms with E-state index in [0.29, 0.717) is 41.3 Å². The van der Waals surface area contributed by atoms with E-state index in [9.17, 15) is 4.79 Å². The fourth-order valence-electron chi connectivity index (χ4n) is 5.71. The number of aryl methyl sites for hydroxylation is 2. The molecule has 0 radical (unpaired) electrons. The van der Waals surface area contributed by atoms with Crippen molar-refractivity contribution in [2.45, 2.75) is 59.0 Å². The fraction of sp³-hybridized carbons (Fsp3) is 0.536. The molecule has 5 rings (SSSR count). The Balaban J connectivity index is 1.20. The van der Waals surface area contributed by atoms with Gasteiger partial charge >= 0.3 is 6.01 Å². The summed E-state index contributed by atoms with van der Waals surface area (Å²) >= 11 is 6.15. The lowest BCUT2D eigenvalue weighted by Gasteiger charge is -2.47. The molecule has 4 heterocycles. The number of nitrogens with one attached hydrogen (secondary N) is 1. The van der Waals surface area contributed by atoms with Crippen molar-refractivity contribution in [3.63, 3.8) is 0 Å². The highest BCUT2D eigenvalue weighted by Gasteiger charge is 2.35. The van der Waals surface area contributed by atoms with Crippen molar-refractivity contribution in [3.8, 4) is 11.6 Å². The standard InChI is InChI=1S/C28H37ClN8O2/c1-5-21-17-36(25-19(4)32-24(16-31-25)26-33-34-28(39-26)30-6-2)13-14-37(21)22-9-11-35(12-10-22)27(38)20-7-8-23(29)18(3)15-20/h7-8,15-16,21-22H,5-6,9-14,17H2,1-4H3,(H,30,34). The first kappa shape index (κ1) is 27.3. The summed E-state index contributed by atoms with van der Waals surface area (Å²) in [6.07, 6.45) is 4.75. The highest BCUT2D eigenvalue weighted by molar-refractivity contribution is 6.31. The molecule has 0 aliphatic carbocycles. The third-order valence-electron chi connectivity index (χ3n) is 7.82. The molecule has 2 aromatic heterocycles. The Morgan fingerprint density at radius 2 is 1.92 bits per heavy atom. The van der Waals surface area contributed by atoms with Gasteiger partial charge in [0.1, 0.15) is 11.5 Å². The molecule has 1 unspecified atom stereocenters. The number of hydrogen-bond acceptors (Lipinski definition) is 9. The molecule has 1 N–H and O–H groups in total. The molecule has 1 amide bonds. The van der Waals surface area contributed by atoms with Crippen molar-refractivity contribution >= 4 is 29.3 Å². The normalized spacial score (nSPS) is 18.9. The molecule has 3 aromatic rings. The Kier molecular flexibility index (Phi) is 8.32. The van der Waals surface area contributed by atoms with Gasteiger partial charge in [-0.2, -0.15) is 0 Å². The molecular formula is C28H37ClN8O2. The number of hydrogen-bond donors (Lipinski definition) is 1. The molecule has 0 bridgehead atoms. The minimum Gasteiger partial charge on any atom is -0.402 e. The van der Waals surface area contributed by atoms with E-state index in [1.54, 1.807) is 6.20 Å². The Morgan fingerprint density at radius 1 is 1.13 bits per heavy atom. The van der Waals surface area contributed by atoms with Crippen LogP contribution in [0.4, 0.5) is 11.8 Å². The van der Waals surface area contributed by atoms with Crippen LogP contribution < -0.4 is 10.2 Å². The molecule has 11 heteroatoms. The molecule has 2 fully saturated rings. The molecule has 0 spiro atoms. The predicted octanol–water partition coefficient (Wildman–Crippen LogP) is 4.43. The van der Waals surface area contributed by atoms with Crippen molar-refractivity contribution in [2.75, 3.05) is 49.5 Å². The van der Waals surface area contributed by atoms with Crippen LogP contribution in [0.1, 0.15) is 54.7 Å². The Morgan fingerprint density at radius 3 is 2.62 bits per heavy atom. The number of aromatic nitrogens is 4. The van der Waals surface area contributed by atoms with Crippen molar-refractivity contribution in [2.24, 2.45) is 0 Å². The second-order valence-electron chi connectivity index (χ2n) is 10.3. The number of piperazine rings is 1. The molecule has 2 saturated heterocycles. The van der Waals surface area contributed by atoms with Gasteiger partial charge in [-0.25, -0.2) is 9.97 Å². The maximum atomic E-state index is 13.1. The summed E-state index contributed by atoms with van der Waals surface area (Å²) in [7, 11) is 0. The zero-order valence-corrected chi connectivity index (χ0v) is 23.9. The van der Waals surface area contributed by atoms with E-state index in [1.165, 1.54) is 0 Å². The molecule has 0 saturated carbocycles. The van der Waals surface area contributed by atoms with E-state index in [0.717, 1.165) is 74.6 Å². The van der Waals surface area contributed by atoms with Gasteiger partial charge in [0, 0.05) is 61.9 Å². The largest absolute Gasteiger partial charge is 0.402 e. The molecular weight excluding hydrogens is 516 g/mol. The minimum atomic E-state index is 0.0981. The number of nitrogens with zero attached hydrogens (tertiary/aromatic N) is 7. The smallest absolute Gasteiger partial charge is 0.315 e. The predicted molar refractivity (Wildman–Crippen MR) is 152 cm³/mol. The second-order valence-corrected chi connectivity index (χ2v) is 10.7. The number of carbonyl (C=O) groups is 1. The van der Waals surface area contributed by atoms with Crippen LogP contribution in [0.5, 0.6) is 0 Å². The maximum absolute atomic E-state index is 13.1. The number of piperidine rings is 1. The molecule has 39 heavy (non-hydrogen) atoms. The first-order chi connectivity index (χ1) is 18.9. The zero-order chi connectivity index (χ0) is 27.5. The molecule has 1 atom stereocenters. The molecule has 2 aliphatic heterocycles. The SMILES string of the molecule is CCNc1nnc(-c2cnc(N3CCN(C4CCN(C(=O)c5ccc(Cl)c(C)c5)CC4)C(CC)C3)c(C)n2)o1. The third-order valence-corrected chi connectivity index (χ3v) is 8.24. The van der Waals surface area contributed by atoms with Gasteiger partial charge in [-0.15, -0.1) is 5.10 Å². The van der Waals surface area contributed by atoms with Crippen LogP contribution in [0.25, 0.3) is 11.6 Å². The van der Waals surface area contributed by atoms with E-state index >= 15 is 0 Å². The average Bonchev–Trinajstić information content (AvgIpc) is 3.43. The first-order valence-electron chi connectivity index (χ1n) is 13.8. The Bertz CT molecular complexity index is 1310. The fourth-order valence-corrected chi connectivity index (χ4v) is 5.82.